The van der Waals surface area contributed by atoms with E-state index in [0.717, 1.165) is 10.2 Å². The van der Waals surface area contributed by atoms with Gasteiger partial charge in [-0.3, -0.25) is 0 Å². The summed E-state index contributed by atoms with van der Waals surface area (Å²) in [6.45, 7) is 3.79. The Kier molecular flexibility index (Phi) is 3.09. The number of hydrogen-bond acceptors (Lipinski definition) is 0. The molecule has 0 bridgehead atoms. The average molecular weight is 227 g/mol. The molecule has 0 saturated heterocycles. The zero-order valence-electron chi connectivity index (χ0n) is 6.55. The van der Waals surface area contributed by atoms with E-state index in [1.807, 2.05) is 12.1 Å². The highest BCUT2D eigenvalue weighted by Crippen LogP contribution is 2.22. The zero-order chi connectivity index (χ0) is 8.27. The Balaban J connectivity index is 3.02. The summed E-state index contributed by atoms with van der Waals surface area (Å²) in [6.07, 6.45) is 2.01. The summed E-state index contributed by atoms with van der Waals surface area (Å²) in [6, 6.07) is 8.31. The Morgan fingerprint density at radius 1 is 1.45 bits per heavy atom. The van der Waals surface area contributed by atoms with Crippen molar-refractivity contribution in [2.45, 2.75) is 5.54 Å². The van der Waals surface area contributed by atoms with Gasteiger partial charge in [0.2, 0.25) is 0 Å². The molecule has 0 aliphatic carbocycles. The van der Waals surface area contributed by atoms with Crippen molar-refractivity contribution in [3.8, 4) is 0 Å². The van der Waals surface area contributed by atoms with E-state index in [4.69, 9.17) is 0 Å². The van der Waals surface area contributed by atoms with E-state index < -0.39 is 0 Å². The van der Waals surface area contributed by atoms with Crippen LogP contribution in [0.15, 0.2) is 41.4 Å². The standard InChI is InChI=1S/C9H11BrSi/c1-2-9(11)7-5-3-4-6-8(7)10/h2-6,9H,1H2,11H3. The molecule has 1 atom stereocenters. The first kappa shape index (κ1) is 8.75. The first-order valence-electron chi connectivity index (χ1n) is 3.62. The van der Waals surface area contributed by atoms with Crippen molar-refractivity contribution in [1.82, 2.24) is 0 Å². The maximum absolute atomic E-state index is 3.79. The highest BCUT2D eigenvalue weighted by Gasteiger charge is 2.02. The highest BCUT2D eigenvalue weighted by molar-refractivity contribution is 9.10. The molecular weight excluding hydrogens is 216 g/mol. The minimum Gasteiger partial charge on any atom is -0.103 e. The van der Waals surface area contributed by atoms with Crippen LogP contribution in [-0.2, 0) is 0 Å². The third-order valence-corrected chi connectivity index (χ3v) is 3.56. The maximum atomic E-state index is 3.79. The predicted octanol–water partition coefficient (Wildman–Crippen LogP) is 2.04. The molecule has 1 aromatic rings. The summed E-state index contributed by atoms with van der Waals surface area (Å²) in [5.41, 5.74) is 1.92. The van der Waals surface area contributed by atoms with Crippen LogP contribution in [-0.4, -0.2) is 10.2 Å². The Morgan fingerprint density at radius 2 is 2.09 bits per heavy atom. The molecule has 0 spiro atoms. The molecule has 0 amide bonds. The molecule has 1 aromatic carbocycles. The molecule has 0 aliphatic heterocycles. The zero-order valence-corrected chi connectivity index (χ0v) is 10.1. The fourth-order valence-corrected chi connectivity index (χ4v) is 2.54. The van der Waals surface area contributed by atoms with E-state index in [0.29, 0.717) is 5.54 Å². The van der Waals surface area contributed by atoms with Gasteiger partial charge in [-0.15, -0.1) is 6.58 Å². The van der Waals surface area contributed by atoms with Crippen LogP contribution in [0.3, 0.4) is 0 Å². The fraction of sp³-hybridized carbons (Fsp3) is 0.111. The van der Waals surface area contributed by atoms with E-state index in [2.05, 4.69) is 40.7 Å². The van der Waals surface area contributed by atoms with Crippen molar-refractivity contribution in [3.05, 3.63) is 47.0 Å². The molecule has 11 heavy (non-hydrogen) atoms. The smallest absolute Gasteiger partial charge is 0.0209 e. The largest absolute Gasteiger partial charge is 0.103 e. The molecular formula is C9H11BrSi. The molecule has 1 unspecified atom stereocenters. The highest BCUT2D eigenvalue weighted by atomic mass is 79.9. The van der Waals surface area contributed by atoms with Crippen LogP contribution in [0, 0.1) is 0 Å². The van der Waals surface area contributed by atoms with E-state index in [1.54, 1.807) is 0 Å². The van der Waals surface area contributed by atoms with Crippen molar-refractivity contribution >= 4 is 26.2 Å². The van der Waals surface area contributed by atoms with E-state index in [9.17, 15) is 0 Å². The van der Waals surface area contributed by atoms with Gasteiger partial charge in [-0.1, -0.05) is 40.2 Å². The van der Waals surface area contributed by atoms with Crippen LogP contribution in [0.25, 0.3) is 0 Å². The van der Waals surface area contributed by atoms with Gasteiger partial charge in [0.05, 0.1) is 0 Å². The normalized spacial score (nSPS) is 12.8. The van der Waals surface area contributed by atoms with Gasteiger partial charge in [-0.25, -0.2) is 0 Å². The molecule has 0 radical (unpaired) electrons. The molecule has 0 N–H and O–H groups in total. The van der Waals surface area contributed by atoms with Crippen molar-refractivity contribution < 1.29 is 0 Å². The number of halogens is 1. The molecule has 0 aliphatic rings. The fourth-order valence-electron chi connectivity index (χ4n) is 0.971. The SMILES string of the molecule is C=CC([SiH3])c1ccccc1Br. The Bertz CT molecular complexity index is 257. The monoisotopic (exact) mass is 226 g/mol. The van der Waals surface area contributed by atoms with Crippen LogP contribution in [0.2, 0.25) is 0 Å². The second-order valence-electron chi connectivity index (χ2n) is 2.55. The van der Waals surface area contributed by atoms with Gasteiger partial charge >= 0.3 is 0 Å². The number of benzene rings is 1. The molecule has 2 heteroatoms. The minimum atomic E-state index is 0.561. The average Bonchev–Trinajstić information content (AvgIpc) is 2.04. The first-order valence-corrected chi connectivity index (χ1v) is 5.57. The summed E-state index contributed by atoms with van der Waals surface area (Å²) in [5.74, 6) is 0. The van der Waals surface area contributed by atoms with Crippen molar-refractivity contribution in [1.29, 1.82) is 0 Å². The number of hydrogen-bond donors (Lipinski definition) is 0. The molecule has 0 aromatic heterocycles. The lowest BCUT2D eigenvalue weighted by atomic mass is 10.1. The van der Waals surface area contributed by atoms with Gasteiger partial charge in [-0.2, -0.15) is 0 Å². The third-order valence-electron chi connectivity index (χ3n) is 1.75. The number of allylic oxidation sites excluding steroid dienone is 1. The lowest BCUT2D eigenvalue weighted by Crippen LogP contribution is -1.93. The Labute approximate surface area is 78.9 Å². The van der Waals surface area contributed by atoms with Crippen molar-refractivity contribution in [2.75, 3.05) is 0 Å². The minimum absolute atomic E-state index is 0.561. The van der Waals surface area contributed by atoms with E-state index in [-0.39, 0.29) is 0 Å². The van der Waals surface area contributed by atoms with Gasteiger partial charge in [0.15, 0.2) is 0 Å². The van der Waals surface area contributed by atoms with Crippen molar-refractivity contribution in [3.63, 3.8) is 0 Å². The van der Waals surface area contributed by atoms with Crippen LogP contribution in [0.1, 0.15) is 11.1 Å². The Morgan fingerprint density at radius 3 is 2.64 bits per heavy atom. The van der Waals surface area contributed by atoms with Gasteiger partial charge in [0, 0.05) is 14.7 Å². The summed E-state index contributed by atoms with van der Waals surface area (Å²) in [7, 11) is 1.13. The van der Waals surface area contributed by atoms with Gasteiger partial charge in [0.25, 0.3) is 0 Å². The van der Waals surface area contributed by atoms with Gasteiger partial charge in [-0.05, 0) is 17.2 Å². The third kappa shape index (κ3) is 2.04. The van der Waals surface area contributed by atoms with Crippen LogP contribution in [0.5, 0.6) is 0 Å². The topological polar surface area (TPSA) is 0 Å². The lowest BCUT2D eigenvalue weighted by molar-refractivity contribution is 1.20. The maximum Gasteiger partial charge on any atom is 0.0209 e. The molecule has 0 fully saturated rings. The van der Waals surface area contributed by atoms with Gasteiger partial charge < -0.3 is 0 Å². The van der Waals surface area contributed by atoms with E-state index >= 15 is 0 Å². The Hall–Kier alpha value is -0.343. The van der Waals surface area contributed by atoms with E-state index in [1.165, 1.54) is 10.0 Å². The molecule has 0 nitrogen and oxygen atoms in total. The lowest BCUT2D eigenvalue weighted by Gasteiger charge is -2.07. The van der Waals surface area contributed by atoms with Crippen LogP contribution < -0.4 is 0 Å². The predicted molar refractivity (Wildman–Crippen MR) is 57.0 cm³/mol. The van der Waals surface area contributed by atoms with Crippen molar-refractivity contribution in [2.24, 2.45) is 0 Å². The molecule has 0 heterocycles. The second-order valence-corrected chi connectivity index (χ2v) is 4.64. The quantitative estimate of drug-likeness (QED) is 0.535. The second kappa shape index (κ2) is 3.88. The molecule has 1 rings (SSSR count). The summed E-state index contributed by atoms with van der Waals surface area (Å²) in [4.78, 5) is 0. The summed E-state index contributed by atoms with van der Waals surface area (Å²) < 4.78 is 1.19. The molecule has 0 saturated carbocycles. The van der Waals surface area contributed by atoms with Crippen LogP contribution in [0.4, 0.5) is 0 Å². The van der Waals surface area contributed by atoms with Crippen LogP contribution >= 0.6 is 15.9 Å². The molecule has 58 valence electrons. The summed E-state index contributed by atoms with van der Waals surface area (Å²) in [5, 5.41) is 0. The van der Waals surface area contributed by atoms with Gasteiger partial charge in [0.1, 0.15) is 0 Å². The summed E-state index contributed by atoms with van der Waals surface area (Å²) >= 11 is 3.51. The first-order chi connectivity index (χ1) is 5.25. The number of rotatable bonds is 2.